The van der Waals surface area contributed by atoms with Gasteiger partial charge < -0.3 is 14.6 Å². The highest BCUT2D eigenvalue weighted by atomic mass is 32.2. The van der Waals surface area contributed by atoms with Crippen LogP contribution >= 0.6 is 11.8 Å². The minimum Gasteiger partial charge on any atom is -0.465 e. The van der Waals surface area contributed by atoms with Crippen molar-refractivity contribution in [2.24, 2.45) is 7.05 Å². The van der Waals surface area contributed by atoms with E-state index in [0.29, 0.717) is 11.9 Å². The third-order valence-electron chi connectivity index (χ3n) is 3.79. The minimum atomic E-state index is -0.551. The summed E-state index contributed by atoms with van der Waals surface area (Å²) in [7, 11) is 3.77. The van der Waals surface area contributed by atoms with Crippen LogP contribution in [0.1, 0.15) is 32.6 Å². The molecule has 1 N–H and O–H groups in total. The molecule has 0 aromatic carbocycles. The molecule has 0 amide bonds. The highest BCUT2D eigenvalue weighted by Gasteiger charge is 2.43. The van der Waals surface area contributed by atoms with Gasteiger partial charge >= 0.3 is 5.97 Å². The summed E-state index contributed by atoms with van der Waals surface area (Å²) >= 11 is 1.69. The third kappa shape index (κ3) is 3.15. The molecule has 6 nitrogen and oxygen atoms in total. The number of ether oxygens (including phenoxy) is 1. The Bertz CT molecular complexity index is 465. The van der Waals surface area contributed by atoms with Crippen molar-refractivity contribution < 1.29 is 9.53 Å². The third-order valence-corrected chi connectivity index (χ3v) is 5.11. The van der Waals surface area contributed by atoms with E-state index in [9.17, 15) is 4.79 Å². The van der Waals surface area contributed by atoms with Gasteiger partial charge in [-0.15, -0.1) is 10.2 Å². The summed E-state index contributed by atoms with van der Waals surface area (Å²) in [5, 5.41) is 12.4. The van der Waals surface area contributed by atoms with E-state index in [1.807, 2.05) is 25.6 Å². The Kier molecular flexibility index (Phi) is 5.04. The van der Waals surface area contributed by atoms with Gasteiger partial charge in [-0.2, -0.15) is 0 Å². The van der Waals surface area contributed by atoms with Crippen molar-refractivity contribution >= 4 is 17.7 Å². The number of rotatable bonds is 5. The second-order valence-corrected chi connectivity index (χ2v) is 6.38. The molecule has 2 unspecified atom stereocenters. The predicted molar refractivity (Wildman–Crippen MR) is 77.5 cm³/mol. The van der Waals surface area contributed by atoms with Crippen molar-refractivity contribution in [3.8, 4) is 0 Å². The number of likely N-dealkylation sites (N-methyl/N-ethyl adjacent to an activating group) is 1. The topological polar surface area (TPSA) is 69.0 Å². The van der Waals surface area contributed by atoms with Gasteiger partial charge in [-0.3, -0.25) is 4.79 Å². The second kappa shape index (κ2) is 6.58. The number of carbonyl (C=O) groups excluding carboxylic acids is 1. The number of aryl methyl sites for hydroxylation is 1. The highest BCUT2D eigenvalue weighted by Crippen LogP contribution is 2.38. The van der Waals surface area contributed by atoms with Gasteiger partial charge in [0.05, 0.1) is 6.61 Å². The van der Waals surface area contributed by atoms with Gasteiger partial charge in [0, 0.05) is 12.3 Å². The Hall–Kier alpha value is -1.08. The Balaban J connectivity index is 2.06. The summed E-state index contributed by atoms with van der Waals surface area (Å²) in [5.74, 6) is -0.134. The Morgan fingerprint density at radius 1 is 1.70 bits per heavy atom. The molecule has 0 aliphatic heterocycles. The van der Waals surface area contributed by atoms with Crippen molar-refractivity contribution in [1.82, 2.24) is 20.1 Å². The van der Waals surface area contributed by atoms with Gasteiger partial charge in [-0.25, -0.2) is 0 Å². The SMILES string of the molecule is CCOC(=O)C1(NC)CCCC(Sc2nncn2C)C1. The first-order valence-corrected chi connectivity index (χ1v) is 7.86. The van der Waals surface area contributed by atoms with Crippen LogP contribution in [0.5, 0.6) is 0 Å². The zero-order chi connectivity index (χ0) is 14.6. The number of aromatic nitrogens is 3. The fourth-order valence-electron chi connectivity index (χ4n) is 2.64. The number of hydrogen-bond acceptors (Lipinski definition) is 6. The normalized spacial score (nSPS) is 26.4. The largest absolute Gasteiger partial charge is 0.465 e. The number of hydrogen-bond donors (Lipinski definition) is 1. The molecule has 0 saturated heterocycles. The number of esters is 1. The first kappa shape index (κ1) is 15.3. The Morgan fingerprint density at radius 2 is 2.50 bits per heavy atom. The van der Waals surface area contributed by atoms with E-state index in [-0.39, 0.29) is 5.97 Å². The van der Waals surface area contributed by atoms with E-state index < -0.39 is 5.54 Å². The number of thioether (sulfide) groups is 1. The predicted octanol–water partition coefficient (Wildman–Crippen LogP) is 1.37. The Morgan fingerprint density at radius 3 is 3.10 bits per heavy atom. The molecule has 112 valence electrons. The summed E-state index contributed by atoms with van der Waals surface area (Å²) in [4.78, 5) is 12.2. The maximum absolute atomic E-state index is 12.2. The van der Waals surface area contributed by atoms with Gasteiger partial charge in [-0.05, 0) is 39.7 Å². The highest BCUT2D eigenvalue weighted by molar-refractivity contribution is 7.99. The zero-order valence-corrected chi connectivity index (χ0v) is 13.1. The van der Waals surface area contributed by atoms with Gasteiger partial charge in [0.25, 0.3) is 0 Å². The molecule has 0 bridgehead atoms. The molecule has 1 aliphatic carbocycles. The average Bonchev–Trinajstić information content (AvgIpc) is 2.84. The van der Waals surface area contributed by atoms with Crippen molar-refractivity contribution in [1.29, 1.82) is 0 Å². The summed E-state index contributed by atoms with van der Waals surface area (Å²) < 4.78 is 7.15. The molecule has 20 heavy (non-hydrogen) atoms. The molecule has 0 radical (unpaired) electrons. The zero-order valence-electron chi connectivity index (χ0n) is 12.3. The van der Waals surface area contributed by atoms with E-state index in [1.165, 1.54) is 0 Å². The fraction of sp³-hybridized carbons (Fsp3) is 0.769. The lowest BCUT2D eigenvalue weighted by Gasteiger charge is -2.38. The van der Waals surface area contributed by atoms with E-state index >= 15 is 0 Å². The van der Waals surface area contributed by atoms with Crippen LogP contribution in [0.15, 0.2) is 11.5 Å². The summed E-state index contributed by atoms with van der Waals surface area (Å²) in [6.45, 7) is 2.26. The summed E-state index contributed by atoms with van der Waals surface area (Å²) in [6.07, 6.45) is 5.38. The van der Waals surface area contributed by atoms with Gasteiger partial charge in [0.1, 0.15) is 11.9 Å². The molecule has 1 aromatic heterocycles. The fourth-order valence-corrected chi connectivity index (χ4v) is 3.90. The number of nitrogens with zero attached hydrogens (tertiary/aromatic N) is 3. The quantitative estimate of drug-likeness (QED) is 0.828. The molecule has 1 heterocycles. The smallest absolute Gasteiger partial charge is 0.326 e. The van der Waals surface area contributed by atoms with Crippen molar-refractivity contribution in [2.45, 2.75) is 48.6 Å². The van der Waals surface area contributed by atoms with Crippen LogP contribution in [-0.4, -0.2) is 45.2 Å². The van der Waals surface area contributed by atoms with Crippen LogP contribution in [-0.2, 0) is 16.6 Å². The first-order valence-electron chi connectivity index (χ1n) is 6.98. The van der Waals surface area contributed by atoms with E-state index in [4.69, 9.17) is 4.74 Å². The molecule has 1 aliphatic rings. The van der Waals surface area contributed by atoms with Crippen LogP contribution in [0.3, 0.4) is 0 Å². The second-order valence-electron chi connectivity index (χ2n) is 5.11. The van der Waals surface area contributed by atoms with E-state index in [0.717, 1.165) is 30.8 Å². The molecule has 1 aromatic rings. The van der Waals surface area contributed by atoms with Gasteiger partial charge in [0.15, 0.2) is 5.16 Å². The lowest BCUT2D eigenvalue weighted by Crippen LogP contribution is -2.54. The molecular weight excluding hydrogens is 276 g/mol. The molecule has 7 heteroatoms. The number of carbonyl (C=O) groups is 1. The van der Waals surface area contributed by atoms with Gasteiger partial charge in [-0.1, -0.05) is 11.8 Å². The van der Waals surface area contributed by atoms with E-state index in [1.54, 1.807) is 18.1 Å². The van der Waals surface area contributed by atoms with Crippen LogP contribution in [0.25, 0.3) is 0 Å². The molecular formula is C13H22N4O2S. The minimum absolute atomic E-state index is 0.134. The molecule has 2 atom stereocenters. The summed E-state index contributed by atoms with van der Waals surface area (Å²) in [5.41, 5.74) is -0.551. The molecule has 2 rings (SSSR count). The van der Waals surface area contributed by atoms with Gasteiger partial charge in [0.2, 0.25) is 0 Å². The summed E-state index contributed by atoms with van der Waals surface area (Å²) in [6, 6.07) is 0. The van der Waals surface area contributed by atoms with Crippen molar-refractivity contribution in [3.63, 3.8) is 0 Å². The van der Waals surface area contributed by atoms with Crippen LogP contribution in [0, 0.1) is 0 Å². The molecule has 1 saturated carbocycles. The maximum Gasteiger partial charge on any atom is 0.326 e. The van der Waals surface area contributed by atoms with E-state index in [2.05, 4.69) is 15.5 Å². The molecule has 1 fully saturated rings. The Labute approximate surface area is 123 Å². The van der Waals surface area contributed by atoms with Crippen LogP contribution in [0.4, 0.5) is 0 Å². The molecule has 0 spiro atoms. The first-order chi connectivity index (χ1) is 9.61. The van der Waals surface area contributed by atoms with Crippen LogP contribution in [0.2, 0.25) is 0 Å². The number of nitrogens with one attached hydrogen (secondary N) is 1. The van der Waals surface area contributed by atoms with Crippen molar-refractivity contribution in [2.75, 3.05) is 13.7 Å². The van der Waals surface area contributed by atoms with Crippen molar-refractivity contribution in [3.05, 3.63) is 6.33 Å². The standard InChI is InChI=1S/C13H22N4O2S/c1-4-19-11(18)13(14-2)7-5-6-10(8-13)20-12-16-15-9-17(12)3/h9-10,14H,4-8H2,1-3H3. The lowest BCUT2D eigenvalue weighted by molar-refractivity contribution is -0.152. The average molecular weight is 298 g/mol. The monoisotopic (exact) mass is 298 g/mol. The maximum atomic E-state index is 12.2. The van der Waals surface area contributed by atoms with Crippen LogP contribution < -0.4 is 5.32 Å². The lowest BCUT2D eigenvalue weighted by atomic mass is 9.81.